The molecule has 106 valence electrons. The Hall–Kier alpha value is -2.96. The maximum Gasteiger partial charge on any atom is 0.328 e. The minimum atomic E-state index is 0.232. The zero-order valence-corrected chi connectivity index (χ0v) is 11.5. The van der Waals surface area contributed by atoms with Gasteiger partial charge in [0.05, 0.1) is 0 Å². The highest BCUT2D eigenvalue weighted by atomic mass is 16.5. The van der Waals surface area contributed by atoms with E-state index < -0.39 is 0 Å². The van der Waals surface area contributed by atoms with Crippen LogP contribution in [0.1, 0.15) is 6.92 Å². The van der Waals surface area contributed by atoms with Crippen LogP contribution in [0.5, 0.6) is 11.8 Å². The molecule has 0 bridgehead atoms. The molecule has 0 aliphatic rings. The fourth-order valence-electron chi connectivity index (χ4n) is 1.72. The van der Waals surface area contributed by atoms with Crippen molar-refractivity contribution in [1.82, 2.24) is 24.5 Å². The van der Waals surface area contributed by atoms with Gasteiger partial charge in [-0.15, -0.1) is 0 Å². The third kappa shape index (κ3) is 3.14. The Morgan fingerprint density at radius 2 is 2.00 bits per heavy atom. The second-order valence-electron chi connectivity index (χ2n) is 4.16. The van der Waals surface area contributed by atoms with Crippen molar-refractivity contribution in [2.24, 2.45) is 0 Å². The molecule has 0 saturated carbocycles. The van der Waals surface area contributed by atoms with Crippen molar-refractivity contribution in [1.29, 1.82) is 0 Å². The molecule has 7 nitrogen and oxygen atoms in total. The molecule has 0 aliphatic carbocycles. The van der Waals surface area contributed by atoms with E-state index in [4.69, 9.17) is 4.74 Å². The Bertz CT molecular complexity index is 699. The van der Waals surface area contributed by atoms with Crippen molar-refractivity contribution in [3.8, 4) is 17.7 Å². The van der Waals surface area contributed by atoms with Crippen LogP contribution in [0.15, 0.2) is 49.1 Å². The Labute approximate surface area is 121 Å². The van der Waals surface area contributed by atoms with Crippen LogP contribution in [0.25, 0.3) is 5.95 Å². The second kappa shape index (κ2) is 6.00. The first-order valence-corrected chi connectivity index (χ1v) is 6.56. The number of nitrogens with one attached hydrogen (secondary N) is 1. The molecule has 7 heteroatoms. The lowest BCUT2D eigenvalue weighted by molar-refractivity contribution is 0.439. The number of nitrogens with zero attached hydrogens (tertiary/aromatic N) is 5. The normalized spacial score (nSPS) is 10.3. The van der Waals surface area contributed by atoms with Gasteiger partial charge in [0, 0.05) is 18.9 Å². The third-order valence-corrected chi connectivity index (χ3v) is 2.63. The van der Waals surface area contributed by atoms with Crippen molar-refractivity contribution < 1.29 is 4.74 Å². The number of anilines is 1. The van der Waals surface area contributed by atoms with Gasteiger partial charge >= 0.3 is 6.01 Å². The summed E-state index contributed by atoms with van der Waals surface area (Å²) in [5.41, 5.74) is 0. The van der Waals surface area contributed by atoms with Gasteiger partial charge in [-0.25, -0.2) is 4.98 Å². The summed E-state index contributed by atoms with van der Waals surface area (Å²) in [6, 6.07) is 9.61. The molecular weight excluding hydrogens is 268 g/mol. The van der Waals surface area contributed by atoms with Crippen LogP contribution < -0.4 is 10.1 Å². The first-order valence-electron chi connectivity index (χ1n) is 6.56. The summed E-state index contributed by atoms with van der Waals surface area (Å²) in [6.07, 6.45) is 5.04. The predicted octanol–water partition coefficient (Wildman–Crippen LogP) is 2.28. The van der Waals surface area contributed by atoms with Crippen molar-refractivity contribution >= 4 is 5.95 Å². The van der Waals surface area contributed by atoms with Crippen molar-refractivity contribution in [2.75, 3.05) is 11.9 Å². The standard InChI is InChI=1S/C14H14N6O/c1-2-16-12-17-13(20-9-8-15-10-20)19-14(18-12)21-11-6-4-3-5-7-11/h3-10H,2H2,1H3,(H,16,17,18,19). The van der Waals surface area contributed by atoms with Gasteiger partial charge in [-0.1, -0.05) is 18.2 Å². The van der Waals surface area contributed by atoms with Crippen LogP contribution in [0, 0.1) is 0 Å². The molecule has 0 spiro atoms. The molecule has 0 atom stereocenters. The SMILES string of the molecule is CCNc1nc(Oc2ccccc2)nc(-n2ccnc2)n1. The summed E-state index contributed by atoms with van der Waals surface area (Å²) in [6.45, 7) is 2.68. The van der Waals surface area contributed by atoms with Gasteiger partial charge in [0.25, 0.3) is 0 Å². The van der Waals surface area contributed by atoms with Crippen LogP contribution in [0.4, 0.5) is 5.95 Å². The molecule has 0 fully saturated rings. The maximum absolute atomic E-state index is 5.67. The van der Waals surface area contributed by atoms with Crippen molar-refractivity contribution in [2.45, 2.75) is 6.92 Å². The molecule has 0 unspecified atom stereocenters. The number of aromatic nitrogens is 5. The summed E-state index contributed by atoms with van der Waals surface area (Å²) in [4.78, 5) is 16.8. The topological polar surface area (TPSA) is 77.8 Å². The molecule has 2 heterocycles. The lowest BCUT2D eigenvalue weighted by atomic mass is 10.3. The zero-order chi connectivity index (χ0) is 14.5. The van der Waals surface area contributed by atoms with Gasteiger partial charge in [0.2, 0.25) is 11.9 Å². The first kappa shape index (κ1) is 13.0. The monoisotopic (exact) mass is 282 g/mol. The predicted molar refractivity (Wildman–Crippen MR) is 77.6 cm³/mol. The van der Waals surface area contributed by atoms with E-state index in [0.717, 1.165) is 0 Å². The number of imidazole rings is 1. The van der Waals surface area contributed by atoms with Crippen LogP contribution in [-0.4, -0.2) is 31.0 Å². The Kier molecular flexibility index (Phi) is 3.72. The van der Waals surface area contributed by atoms with Crippen LogP contribution in [-0.2, 0) is 0 Å². The van der Waals surface area contributed by atoms with Gasteiger partial charge in [0.15, 0.2) is 0 Å². The Balaban J connectivity index is 1.95. The van der Waals surface area contributed by atoms with Gasteiger partial charge in [0.1, 0.15) is 12.1 Å². The number of rotatable bonds is 5. The smallest absolute Gasteiger partial charge is 0.328 e. The Morgan fingerprint density at radius 3 is 2.71 bits per heavy atom. The van der Waals surface area contributed by atoms with E-state index in [2.05, 4.69) is 25.3 Å². The van der Waals surface area contributed by atoms with Gasteiger partial charge in [-0.2, -0.15) is 15.0 Å². The molecule has 0 aliphatic heterocycles. The highest BCUT2D eigenvalue weighted by Crippen LogP contribution is 2.18. The summed E-state index contributed by atoms with van der Waals surface area (Å²) in [7, 11) is 0. The lowest BCUT2D eigenvalue weighted by Crippen LogP contribution is -2.08. The minimum absolute atomic E-state index is 0.232. The van der Waals surface area contributed by atoms with Crippen molar-refractivity contribution in [3.05, 3.63) is 49.1 Å². The van der Waals surface area contributed by atoms with E-state index in [1.54, 1.807) is 23.3 Å². The molecule has 0 radical (unpaired) electrons. The number of para-hydroxylation sites is 1. The summed E-state index contributed by atoms with van der Waals surface area (Å²) in [5, 5.41) is 3.06. The van der Waals surface area contributed by atoms with E-state index in [1.807, 2.05) is 37.3 Å². The number of hydrogen-bond acceptors (Lipinski definition) is 6. The summed E-state index contributed by atoms with van der Waals surface area (Å²) >= 11 is 0. The van der Waals surface area contributed by atoms with Crippen LogP contribution in [0.2, 0.25) is 0 Å². The lowest BCUT2D eigenvalue weighted by Gasteiger charge is -2.08. The number of benzene rings is 1. The molecule has 3 aromatic rings. The highest BCUT2D eigenvalue weighted by molar-refractivity contribution is 5.32. The minimum Gasteiger partial charge on any atom is -0.424 e. The average Bonchev–Trinajstić information content (AvgIpc) is 3.03. The molecule has 0 amide bonds. The van der Waals surface area contributed by atoms with Gasteiger partial charge < -0.3 is 10.1 Å². The summed E-state index contributed by atoms with van der Waals surface area (Å²) in [5.74, 6) is 1.58. The number of ether oxygens (including phenoxy) is 1. The molecule has 3 rings (SSSR count). The van der Waals surface area contributed by atoms with E-state index in [-0.39, 0.29) is 6.01 Å². The quantitative estimate of drug-likeness (QED) is 0.773. The summed E-state index contributed by atoms with van der Waals surface area (Å²) < 4.78 is 7.36. The van der Waals surface area contributed by atoms with Crippen LogP contribution in [0.3, 0.4) is 0 Å². The fraction of sp³-hybridized carbons (Fsp3) is 0.143. The zero-order valence-electron chi connectivity index (χ0n) is 11.5. The van der Waals surface area contributed by atoms with E-state index in [0.29, 0.717) is 24.2 Å². The van der Waals surface area contributed by atoms with Crippen molar-refractivity contribution in [3.63, 3.8) is 0 Å². The molecule has 21 heavy (non-hydrogen) atoms. The average molecular weight is 282 g/mol. The van der Waals surface area contributed by atoms with Gasteiger partial charge in [-0.05, 0) is 19.1 Å². The number of hydrogen-bond donors (Lipinski definition) is 1. The molecule has 1 N–H and O–H groups in total. The van der Waals surface area contributed by atoms with Gasteiger partial charge in [-0.3, -0.25) is 4.57 Å². The molecule has 1 aromatic carbocycles. The molecular formula is C14H14N6O. The van der Waals surface area contributed by atoms with Crippen LogP contribution >= 0.6 is 0 Å². The maximum atomic E-state index is 5.67. The Morgan fingerprint density at radius 1 is 1.14 bits per heavy atom. The van der Waals surface area contributed by atoms with E-state index in [1.165, 1.54) is 0 Å². The van der Waals surface area contributed by atoms with E-state index in [9.17, 15) is 0 Å². The fourth-order valence-corrected chi connectivity index (χ4v) is 1.72. The first-order chi connectivity index (χ1) is 10.3. The second-order valence-corrected chi connectivity index (χ2v) is 4.16. The van der Waals surface area contributed by atoms with E-state index >= 15 is 0 Å². The largest absolute Gasteiger partial charge is 0.424 e. The molecule has 2 aromatic heterocycles. The highest BCUT2D eigenvalue weighted by Gasteiger charge is 2.09. The third-order valence-electron chi connectivity index (χ3n) is 2.63. The molecule has 0 saturated heterocycles.